The van der Waals surface area contributed by atoms with Gasteiger partial charge in [-0.2, -0.15) is 0 Å². The number of esters is 1. The quantitative estimate of drug-likeness (QED) is 0.356. The molecule has 23 heavy (non-hydrogen) atoms. The summed E-state index contributed by atoms with van der Waals surface area (Å²) in [6, 6.07) is 13.2. The van der Waals surface area contributed by atoms with Gasteiger partial charge in [0.25, 0.3) is 5.69 Å². The minimum atomic E-state index is -0.595. The number of aliphatic imine (C=N–C) groups is 1. The molecule has 1 aliphatic heterocycles. The van der Waals surface area contributed by atoms with E-state index in [-0.39, 0.29) is 17.3 Å². The van der Waals surface area contributed by atoms with Crippen LogP contribution in [0.1, 0.15) is 11.1 Å². The number of benzene rings is 2. The van der Waals surface area contributed by atoms with Gasteiger partial charge in [0.15, 0.2) is 5.70 Å². The van der Waals surface area contributed by atoms with Crippen LogP contribution in [0.4, 0.5) is 5.69 Å². The highest BCUT2D eigenvalue weighted by atomic mass is 79.9. The Kier molecular flexibility index (Phi) is 4.03. The average Bonchev–Trinajstić information content (AvgIpc) is 2.89. The predicted molar refractivity (Wildman–Crippen MR) is 87.8 cm³/mol. The van der Waals surface area contributed by atoms with Crippen molar-refractivity contribution in [2.75, 3.05) is 0 Å². The molecule has 6 nitrogen and oxygen atoms in total. The van der Waals surface area contributed by atoms with Gasteiger partial charge in [0.2, 0.25) is 5.90 Å². The summed E-state index contributed by atoms with van der Waals surface area (Å²) in [6.45, 7) is 0. The van der Waals surface area contributed by atoms with Crippen molar-refractivity contribution < 1.29 is 14.5 Å². The Bertz CT molecular complexity index is 874. The Hall–Kier alpha value is -2.80. The van der Waals surface area contributed by atoms with Crippen LogP contribution in [-0.2, 0) is 9.53 Å². The molecule has 0 aliphatic carbocycles. The van der Waals surface area contributed by atoms with Crippen LogP contribution in [0.15, 0.2) is 63.7 Å². The van der Waals surface area contributed by atoms with Crippen molar-refractivity contribution in [3.05, 3.63) is 79.9 Å². The van der Waals surface area contributed by atoms with Gasteiger partial charge < -0.3 is 4.74 Å². The van der Waals surface area contributed by atoms with Crippen LogP contribution in [0, 0.1) is 10.1 Å². The third-order valence-electron chi connectivity index (χ3n) is 3.11. The first-order valence-corrected chi connectivity index (χ1v) is 7.36. The zero-order valence-corrected chi connectivity index (χ0v) is 13.2. The molecular formula is C16H9BrN2O4. The van der Waals surface area contributed by atoms with Gasteiger partial charge in [-0.1, -0.05) is 24.3 Å². The Labute approximate surface area is 139 Å². The minimum absolute atomic E-state index is 0.0549. The molecule has 0 atom stereocenters. The van der Waals surface area contributed by atoms with Gasteiger partial charge in [0.1, 0.15) is 0 Å². The molecule has 0 N–H and O–H groups in total. The zero-order valence-electron chi connectivity index (χ0n) is 11.6. The maximum Gasteiger partial charge on any atom is 0.363 e. The van der Waals surface area contributed by atoms with Crippen molar-refractivity contribution in [2.45, 2.75) is 0 Å². The molecule has 2 aromatic rings. The van der Waals surface area contributed by atoms with Crippen LogP contribution in [0.3, 0.4) is 0 Å². The smallest absolute Gasteiger partial charge is 0.363 e. The summed E-state index contributed by atoms with van der Waals surface area (Å²) in [6.07, 6.45) is 1.46. The summed E-state index contributed by atoms with van der Waals surface area (Å²) in [7, 11) is 0. The van der Waals surface area contributed by atoms with Gasteiger partial charge in [-0.25, -0.2) is 9.79 Å². The van der Waals surface area contributed by atoms with Crippen molar-refractivity contribution in [1.29, 1.82) is 0 Å². The lowest BCUT2D eigenvalue weighted by atomic mass is 10.1. The first kappa shape index (κ1) is 15.1. The van der Waals surface area contributed by atoms with Gasteiger partial charge in [-0.3, -0.25) is 10.1 Å². The molecule has 7 heteroatoms. The monoisotopic (exact) mass is 372 g/mol. The van der Waals surface area contributed by atoms with Crippen molar-refractivity contribution in [3.8, 4) is 0 Å². The summed E-state index contributed by atoms with van der Waals surface area (Å²) < 4.78 is 5.92. The maximum atomic E-state index is 11.9. The fourth-order valence-electron chi connectivity index (χ4n) is 2.05. The topological polar surface area (TPSA) is 81.8 Å². The second-order valence-corrected chi connectivity index (χ2v) is 5.52. The molecule has 0 unspecified atom stereocenters. The molecule has 3 rings (SSSR count). The number of hydrogen-bond acceptors (Lipinski definition) is 5. The lowest BCUT2D eigenvalue weighted by Crippen LogP contribution is -2.05. The molecule has 114 valence electrons. The summed E-state index contributed by atoms with van der Waals surface area (Å²) in [5, 5.41) is 10.8. The van der Waals surface area contributed by atoms with E-state index in [4.69, 9.17) is 4.74 Å². The van der Waals surface area contributed by atoms with E-state index < -0.39 is 10.9 Å². The summed E-state index contributed by atoms with van der Waals surface area (Å²) >= 11 is 3.37. The molecular weight excluding hydrogens is 364 g/mol. The van der Waals surface area contributed by atoms with E-state index in [0.29, 0.717) is 11.1 Å². The van der Waals surface area contributed by atoms with E-state index in [1.165, 1.54) is 18.2 Å². The highest BCUT2D eigenvalue weighted by Gasteiger charge is 2.25. The van der Waals surface area contributed by atoms with Crippen LogP contribution in [-0.4, -0.2) is 16.8 Å². The summed E-state index contributed by atoms with van der Waals surface area (Å²) in [5.41, 5.74) is 1.20. The Morgan fingerprint density at radius 1 is 1.17 bits per heavy atom. The second-order valence-electron chi connectivity index (χ2n) is 4.67. The van der Waals surface area contributed by atoms with Gasteiger partial charge in [0.05, 0.1) is 10.5 Å². The summed E-state index contributed by atoms with van der Waals surface area (Å²) in [5.74, 6) is -0.401. The van der Waals surface area contributed by atoms with Crippen LogP contribution in [0.5, 0.6) is 0 Å². The number of hydrogen-bond donors (Lipinski definition) is 0. The van der Waals surface area contributed by atoms with E-state index >= 15 is 0 Å². The van der Waals surface area contributed by atoms with Gasteiger partial charge in [0, 0.05) is 16.6 Å². The van der Waals surface area contributed by atoms with Crippen LogP contribution >= 0.6 is 15.9 Å². The van der Waals surface area contributed by atoms with E-state index in [2.05, 4.69) is 20.9 Å². The van der Waals surface area contributed by atoms with E-state index in [1.807, 2.05) is 12.1 Å². The molecule has 0 bridgehead atoms. The van der Waals surface area contributed by atoms with Crippen molar-refractivity contribution in [3.63, 3.8) is 0 Å². The van der Waals surface area contributed by atoms with Gasteiger partial charge in [-0.15, -0.1) is 0 Å². The number of rotatable bonds is 3. The normalized spacial score (nSPS) is 15.4. The van der Waals surface area contributed by atoms with Crippen LogP contribution in [0.25, 0.3) is 6.08 Å². The lowest BCUT2D eigenvalue weighted by Gasteiger charge is -2.01. The number of cyclic esters (lactones) is 1. The number of nitro benzene ring substituents is 1. The Morgan fingerprint density at radius 2 is 1.96 bits per heavy atom. The number of nitrogens with zero attached hydrogens (tertiary/aromatic N) is 2. The lowest BCUT2D eigenvalue weighted by molar-refractivity contribution is -0.384. The SMILES string of the molecule is O=C1OC(c2ccccc2Br)=N/C1=C\c1cccc([N+](=O)[O-])c1. The standard InChI is InChI=1S/C16H9BrN2O4/c17-13-7-2-1-6-12(13)15-18-14(16(20)23-15)9-10-4-3-5-11(8-10)19(21)22/h1-9H/b14-9-. The third-order valence-corrected chi connectivity index (χ3v) is 3.80. The highest BCUT2D eigenvalue weighted by Crippen LogP contribution is 2.24. The van der Waals surface area contributed by atoms with E-state index in [0.717, 1.165) is 4.47 Å². The van der Waals surface area contributed by atoms with Gasteiger partial charge in [-0.05, 0) is 39.7 Å². The van der Waals surface area contributed by atoms with E-state index in [1.54, 1.807) is 24.3 Å². The number of halogens is 1. The van der Waals surface area contributed by atoms with E-state index in [9.17, 15) is 14.9 Å². The Morgan fingerprint density at radius 3 is 2.70 bits per heavy atom. The fourth-order valence-corrected chi connectivity index (χ4v) is 2.50. The Balaban J connectivity index is 1.97. The molecule has 0 amide bonds. The molecule has 0 fully saturated rings. The van der Waals surface area contributed by atoms with Crippen LogP contribution < -0.4 is 0 Å². The molecule has 0 aromatic heterocycles. The predicted octanol–water partition coefficient (Wildman–Crippen LogP) is 3.70. The van der Waals surface area contributed by atoms with Crippen molar-refractivity contribution >= 4 is 39.6 Å². The number of carbonyl (C=O) groups is 1. The fraction of sp³-hybridized carbons (Fsp3) is 0. The largest absolute Gasteiger partial charge is 0.402 e. The van der Waals surface area contributed by atoms with Crippen LogP contribution in [0.2, 0.25) is 0 Å². The number of non-ortho nitro benzene ring substituents is 1. The molecule has 0 radical (unpaired) electrons. The highest BCUT2D eigenvalue weighted by molar-refractivity contribution is 9.10. The van der Waals surface area contributed by atoms with Crippen molar-refractivity contribution in [2.24, 2.45) is 4.99 Å². The number of ether oxygens (including phenoxy) is 1. The second kappa shape index (κ2) is 6.13. The first-order valence-electron chi connectivity index (χ1n) is 6.56. The molecule has 1 aliphatic rings. The number of carbonyl (C=O) groups excluding carboxylic acids is 1. The molecule has 0 saturated heterocycles. The van der Waals surface area contributed by atoms with Gasteiger partial charge >= 0.3 is 5.97 Å². The molecule has 2 aromatic carbocycles. The molecule has 0 saturated carbocycles. The third kappa shape index (κ3) is 3.19. The summed E-state index contributed by atoms with van der Waals surface area (Å²) in [4.78, 5) is 26.4. The average molecular weight is 373 g/mol. The first-order chi connectivity index (χ1) is 11.0. The molecule has 0 spiro atoms. The maximum absolute atomic E-state index is 11.9. The zero-order chi connectivity index (χ0) is 16.4. The molecule has 1 heterocycles. The minimum Gasteiger partial charge on any atom is -0.402 e. The number of nitro groups is 1. The van der Waals surface area contributed by atoms with Crippen molar-refractivity contribution in [1.82, 2.24) is 0 Å².